The molecular weight excluding hydrogens is 253 g/mol. The molecule has 0 aliphatic carbocycles. The Kier molecular flexibility index (Phi) is 3.48. The van der Waals surface area contributed by atoms with Crippen LogP contribution >= 0.6 is 11.6 Å². The Morgan fingerprint density at radius 1 is 1.22 bits per heavy atom. The third-order valence-electron chi connectivity index (χ3n) is 2.59. The second-order valence-corrected chi connectivity index (χ2v) is 4.55. The van der Waals surface area contributed by atoms with E-state index in [0.717, 1.165) is 11.4 Å². The number of para-hydroxylation sites is 1. The van der Waals surface area contributed by atoms with Gasteiger partial charge in [0.1, 0.15) is 11.2 Å². The van der Waals surface area contributed by atoms with Crippen molar-refractivity contribution in [3.63, 3.8) is 0 Å². The van der Waals surface area contributed by atoms with Crippen LogP contribution < -0.4 is 5.73 Å². The van der Waals surface area contributed by atoms with Crippen LogP contribution in [0, 0.1) is 19.7 Å². The predicted octanol–water partition coefficient (Wildman–Crippen LogP) is 3.14. The third-order valence-corrected chi connectivity index (χ3v) is 3.02. The largest absolute Gasteiger partial charge is 0.396 e. The van der Waals surface area contributed by atoms with Gasteiger partial charge >= 0.3 is 0 Å². The number of rotatable bonds is 2. The highest BCUT2D eigenvalue weighted by Gasteiger charge is 2.18. The molecule has 0 bridgehead atoms. The summed E-state index contributed by atoms with van der Waals surface area (Å²) in [7, 11) is 0. The van der Waals surface area contributed by atoms with E-state index in [1.165, 1.54) is 6.07 Å². The number of anilines is 1. The SMILES string of the molecule is Cc1cc(C)nc(C(Cl)c2cccc(F)c2N)n1. The Hall–Kier alpha value is -1.68. The summed E-state index contributed by atoms with van der Waals surface area (Å²) < 4.78 is 13.4. The van der Waals surface area contributed by atoms with Gasteiger partial charge in [-0.25, -0.2) is 14.4 Å². The normalized spacial score (nSPS) is 12.4. The highest BCUT2D eigenvalue weighted by Crippen LogP contribution is 2.31. The van der Waals surface area contributed by atoms with E-state index in [1.54, 1.807) is 12.1 Å². The van der Waals surface area contributed by atoms with E-state index < -0.39 is 11.2 Å². The first-order valence-electron chi connectivity index (χ1n) is 5.49. The molecule has 0 aliphatic heterocycles. The number of benzene rings is 1. The van der Waals surface area contributed by atoms with E-state index in [9.17, 15) is 4.39 Å². The summed E-state index contributed by atoms with van der Waals surface area (Å²) in [6.07, 6.45) is 0. The molecular formula is C13H13ClFN3. The second kappa shape index (κ2) is 4.90. The molecule has 1 aromatic carbocycles. The average Bonchev–Trinajstić information content (AvgIpc) is 2.30. The monoisotopic (exact) mass is 265 g/mol. The third kappa shape index (κ3) is 2.43. The molecule has 2 aromatic rings. The topological polar surface area (TPSA) is 51.8 Å². The summed E-state index contributed by atoms with van der Waals surface area (Å²) in [5.74, 6) is -0.0472. The molecule has 0 saturated heterocycles. The zero-order chi connectivity index (χ0) is 13.3. The van der Waals surface area contributed by atoms with Crippen molar-refractivity contribution in [1.29, 1.82) is 0 Å². The van der Waals surface area contributed by atoms with Gasteiger partial charge in [0.25, 0.3) is 0 Å². The minimum absolute atomic E-state index is 0.0419. The van der Waals surface area contributed by atoms with Crippen LogP contribution in [0.3, 0.4) is 0 Å². The van der Waals surface area contributed by atoms with Gasteiger partial charge < -0.3 is 5.73 Å². The average molecular weight is 266 g/mol. The Balaban J connectivity index is 2.47. The van der Waals surface area contributed by atoms with Gasteiger partial charge in [0, 0.05) is 17.0 Å². The summed E-state index contributed by atoms with van der Waals surface area (Å²) in [4.78, 5) is 8.52. The van der Waals surface area contributed by atoms with E-state index in [-0.39, 0.29) is 5.69 Å². The lowest BCUT2D eigenvalue weighted by Crippen LogP contribution is -2.06. The Bertz CT molecular complexity index is 566. The summed E-state index contributed by atoms with van der Waals surface area (Å²) in [5.41, 5.74) is 7.85. The fourth-order valence-electron chi connectivity index (χ4n) is 1.78. The minimum Gasteiger partial charge on any atom is -0.396 e. The van der Waals surface area contributed by atoms with Gasteiger partial charge in [-0.05, 0) is 26.0 Å². The molecule has 1 aromatic heterocycles. The highest BCUT2D eigenvalue weighted by molar-refractivity contribution is 6.22. The van der Waals surface area contributed by atoms with Crippen LogP contribution in [-0.2, 0) is 0 Å². The number of hydrogen-bond acceptors (Lipinski definition) is 3. The quantitative estimate of drug-likeness (QED) is 0.670. The Morgan fingerprint density at radius 3 is 2.44 bits per heavy atom. The van der Waals surface area contributed by atoms with Crippen LogP contribution in [0.25, 0.3) is 0 Å². The van der Waals surface area contributed by atoms with E-state index in [2.05, 4.69) is 9.97 Å². The molecule has 2 N–H and O–H groups in total. The number of halogens is 2. The number of nitrogens with two attached hydrogens (primary N) is 1. The first-order valence-corrected chi connectivity index (χ1v) is 5.93. The summed E-state index contributed by atoms with van der Waals surface area (Å²) in [6, 6.07) is 6.39. The van der Waals surface area contributed by atoms with Gasteiger partial charge in [0.15, 0.2) is 5.82 Å². The maximum atomic E-state index is 13.4. The zero-order valence-corrected chi connectivity index (χ0v) is 10.9. The fourth-order valence-corrected chi connectivity index (χ4v) is 2.07. The Labute approximate surface area is 110 Å². The predicted molar refractivity (Wildman–Crippen MR) is 70.0 cm³/mol. The lowest BCUT2D eigenvalue weighted by molar-refractivity contribution is 0.630. The van der Waals surface area contributed by atoms with Crippen molar-refractivity contribution in [2.45, 2.75) is 19.2 Å². The van der Waals surface area contributed by atoms with E-state index in [4.69, 9.17) is 17.3 Å². The first-order chi connectivity index (χ1) is 8.49. The number of nitrogen functional groups attached to an aromatic ring is 1. The molecule has 0 radical (unpaired) electrons. The van der Waals surface area contributed by atoms with Gasteiger partial charge in [-0.2, -0.15) is 0 Å². The van der Waals surface area contributed by atoms with Crippen LogP contribution in [0.15, 0.2) is 24.3 Å². The molecule has 0 saturated carbocycles. The number of nitrogens with zero attached hydrogens (tertiary/aromatic N) is 2. The van der Waals surface area contributed by atoms with Gasteiger partial charge in [-0.15, -0.1) is 11.6 Å². The van der Waals surface area contributed by atoms with Crippen molar-refractivity contribution in [2.75, 3.05) is 5.73 Å². The second-order valence-electron chi connectivity index (χ2n) is 4.11. The maximum Gasteiger partial charge on any atom is 0.151 e. The Morgan fingerprint density at radius 2 is 1.83 bits per heavy atom. The molecule has 1 unspecified atom stereocenters. The summed E-state index contributed by atoms with van der Waals surface area (Å²) in [6.45, 7) is 3.72. The summed E-state index contributed by atoms with van der Waals surface area (Å²) >= 11 is 6.28. The van der Waals surface area contributed by atoms with Crippen LogP contribution in [0.5, 0.6) is 0 Å². The van der Waals surface area contributed by atoms with E-state index in [1.807, 2.05) is 19.9 Å². The maximum absolute atomic E-state index is 13.4. The minimum atomic E-state index is -0.653. The molecule has 1 heterocycles. The van der Waals surface area contributed by atoms with Crippen molar-refractivity contribution in [3.05, 3.63) is 52.9 Å². The van der Waals surface area contributed by atoms with Crippen molar-refractivity contribution in [2.24, 2.45) is 0 Å². The molecule has 1 atom stereocenters. The van der Waals surface area contributed by atoms with Crippen LogP contribution in [0.2, 0.25) is 0 Å². The standard InChI is InChI=1S/C13H13ClFN3/c1-7-6-8(2)18-13(17-7)11(14)9-4-3-5-10(15)12(9)16/h3-6,11H,16H2,1-2H3. The van der Waals surface area contributed by atoms with Crippen molar-refractivity contribution in [1.82, 2.24) is 9.97 Å². The van der Waals surface area contributed by atoms with Gasteiger partial charge in [-0.3, -0.25) is 0 Å². The smallest absolute Gasteiger partial charge is 0.151 e. The first kappa shape index (κ1) is 12.8. The molecule has 0 fully saturated rings. The van der Waals surface area contributed by atoms with Gasteiger partial charge in [0.2, 0.25) is 0 Å². The van der Waals surface area contributed by atoms with E-state index in [0.29, 0.717) is 11.4 Å². The van der Waals surface area contributed by atoms with Crippen LogP contribution in [-0.4, -0.2) is 9.97 Å². The van der Waals surface area contributed by atoms with E-state index >= 15 is 0 Å². The van der Waals surface area contributed by atoms with Gasteiger partial charge in [0.05, 0.1) is 5.69 Å². The van der Waals surface area contributed by atoms with Crippen molar-refractivity contribution >= 4 is 17.3 Å². The molecule has 0 spiro atoms. The number of aromatic nitrogens is 2. The summed E-state index contributed by atoms with van der Waals surface area (Å²) in [5, 5.41) is -0.653. The highest BCUT2D eigenvalue weighted by atomic mass is 35.5. The molecule has 0 aliphatic rings. The molecule has 5 heteroatoms. The molecule has 2 rings (SSSR count). The van der Waals surface area contributed by atoms with Crippen molar-refractivity contribution in [3.8, 4) is 0 Å². The zero-order valence-electron chi connectivity index (χ0n) is 10.1. The number of alkyl halides is 1. The fraction of sp³-hybridized carbons (Fsp3) is 0.231. The van der Waals surface area contributed by atoms with Crippen LogP contribution in [0.1, 0.15) is 28.2 Å². The molecule has 3 nitrogen and oxygen atoms in total. The lowest BCUT2D eigenvalue weighted by atomic mass is 10.1. The lowest BCUT2D eigenvalue weighted by Gasteiger charge is -2.12. The van der Waals surface area contributed by atoms with Crippen LogP contribution in [0.4, 0.5) is 10.1 Å². The number of aryl methyl sites for hydroxylation is 2. The van der Waals surface area contributed by atoms with Crippen molar-refractivity contribution < 1.29 is 4.39 Å². The molecule has 18 heavy (non-hydrogen) atoms. The van der Waals surface area contributed by atoms with Gasteiger partial charge in [-0.1, -0.05) is 12.1 Å². The molecule has 0 amide bonds. The number of hydrogen-bond donors (Lipinski definition) is 1. The molecule has 94 valence electrons.